The number of hydrogen-bond donors (Lipinski definition) is 3. The highest BCUT2D eigenvalue weighted by Crippen LogP contribution is 2.45. The number of nitrogens with two attached hydrogens (primary N) is 1. The van der Waals surface area contributed by atoms with E-state index in [2.05, 4.69) is 16.4 Å². The molecule has 3 aromatic rings. The maximum Gasteiger partial charge on any atom is 0.235 e. The number of benzene rings is 2. The molecule has 7 heteroatoms. The molecule has 1 aliphatic carbocycles. The lowest BCUT2D eigenvalue weighted by Gasteiger charge is -2.12. The summed E-state index contributed by atoms with van der Waals surface area (Å²) in [5, 5.41) is 13.2. The number of rotatable bonds is 6. The number of H-pyrrole nitrogens is 1. The highest BCUT2D eigenvalue weighted by molar-refractivity contribution is 6.07. The Balaban J connectivity index is 1.58. The molecule has 4 rings (SSSR count). The first-order valence-electron chi connectivity index (χ1n) is 9.26. The molecule has 0 atom stereocenters. The summed E-state index contributed by atoms with van der Waals surface area (Å²) < 4.78 is 5.31. The molecule has 0 unspecified atom stereocenters. The van der Waals surface area contributed by atoms with Crippen LogP contribution in [0.5, 0.6) is 5.75 Å². The van der Waals surface area contributed by atoms with Crippen LogP contribution in [0.3, 0.4) is 0 Å². The average molecular weight is 388 g/mol. The van der Waals surface area contributed by atoms with E-state index in [9.17, 15) is 14.9 Å². The minimum atomic E-state index is -1.02. The molecular weight excluding hydrogens is 368 g/mol. The van der Waals surface area contributed by atoms with Crippen LogP contribution in [0.25, 0.3) is 22.0 Å². The predicted molar refractivity (Wildman–Crippen MR) is 108 cm³/mol. The molecule has 1 heterocycles. The van der Waals surface area contributed by atoms with Gasteiger partial charge in [-0.05, 0) is 42.2 Å². The maximum absolute atomic E-state index is 12.2. The molecule has 7 nitrogen and oxygen atoms in total. The Morgan fingerprint density at radius 3 is 2.55 bits per heavy atom. The molecule has 0 saturated heterocycles. The highest BCUT2D eigenvalue weighted by atomic mass is 16.5. The third-order valence-electron chi connectivity index (χ3n) is 5.47. The van der Waals surface area contributed by atoms with Gasteiger partial charge in [-0.3, -0.25) is 9.59 Å². The largest absolute Gasteiger partial charge is 0.497 e. The summed E-state index contributed by atoms with van der Waals surface area (Å²) in [7, 11) is 1.60. The van der Waals surface area contributed by atoms with Crippen LogP contribution < -0.4 is 15.8 Å². The first-order chi connectivity index (χ1) is 14.0. The lowest BCUT2D eigenvalue weighted by Crippen LogP contribution is -2.40. The Hall–Kier alpha value is -3.79. The lowest BCUT2D eigenvalue weighted by atomic mass is 10.0. The molecule has 0 radical (unpaired) electrons. The molecule has 1 saturated carbocycles. The van der Waals surface area contributed by atoms with Gasteiger partial charge in [0.2, 0.25) is 11.8 Å². The zero-order chi connectivity index (χ0) is 20.6. The highest BCUT2D eigenvalue weighted by Gasteiger charge is 2.55. The van der Waals surface area contributed by atoms with E-state index in [0.29, 0.717) is 30.8 Å². The van der Waals surface area contributed by atoms with E-state index in [1.165, 1.54) is 0 Å². The number of methoxy groups -OCH3 is 1. The number of nitrogens with one attached hydrogen (secondary N) is 2. The van der Waals surface area contributed by atoms with E-state index in [-0.39, 0.29) is 5.91 Å². The van der Waals surface area contributed by atoms with Crippen molar-refractivity contribution in [1.29, 1.82) is 5.26 Å². The first kappa shape index (κ1) is 18.6. The maximum atomic E-state index is 12.2. The van der Waals surface area contributed by atoms with Crippen molar-refractivity contribution in [1.82, 2.24) is 10.3 Å². The molecule has 0 aliphatic heterocycles. The number of carbonyl (C=O) groups excluding carboxylic acids is 2. The van der Waals surface area contributed by atoms with Crippen molar-refractivity contribution in [2.24, 2.45) is 11.1 Å². The van der Waals surface area contributed by atoms with Crippen molar-refractivity contribution >= 4 is 22.7 Å². The van der Waals surface area contributed by atoms with Gasteiger partial charge in [0.05, 0.1) is 7.11 Å². The molecule has 146 valence electrons. The number of hydrogen-bond acceptors (Lipinski definition) is 4. The van der Waals surface area contributed by atoms with Gasteiger partial charge in [0.1, 0.15) is 22.9 Å². The van der Waals surface area contributed by atoms with Gasteiger partial charge < -0.3 is 20.8 Å². The third-order valence-corrected chi connectivity index (χ3v) is 5.47. The summed E-state index contributed by atoms with van der Waals surface area (Å²) in [4.78, 5) is 26.8. The van der Waals surface area contributed by atoms with Crippen LogP contribution in [0.1, 0.15) is 24.1 Å². The summed E-state index contributed by atoms with van der Waals surface area (Å²) in [5.41, 5.74) is 8.22. The van der Waals surface area contributed by atoms with Gasteiger partial charge in [0, 0.05) is 23.0 Å². The van der Waals surface area contributed by atoms with Gasteiger partial charge in [-0.15, -0.1) is 0 Å². The molecular formula is C22H20N4O3. The standard InChI is InChI=1S/C22H20N4O3/c1-29-15-6-7-17-16(10-15)19(18(11-23)26-17)14-4-2-13(3-5-14)12-25-21(28)22(8-9-22)20(24)27/h2-7,10,26H,8-9,12H2,1H3,(H2,24,27)(H,25,28). The number of nitrogens with zero attached hydrogens (tertiary/aromatic N) is 1. The van der Waals surface area contributed by atoms with Crippen molar-refractivity contribution < 1.29 is 14.3 Å². The van der Waals surface area contributed by atoms with Crippen molar-refractivity contribution in [2.75, 3.05) is 7.11 Å². The number of carbonyl (C=O) groups is 2. The Morgan fingerprint density at radius 1 is 1.24 bits per heavy atom. The van der Waals surface area contributed by atoms with Crippen LogP contribution in [0, 0.1) is 16.7 Å². The van der Waals surface area contributed by atoms with Gasteiger partial charge in [0.15, 0.2) is 0 Å². The molecule has 29 heavy (non-hydrogen) atoms. The van der Waals surface area contributed by atoms with Gasteiger partial charge in [-0.1, -0.05) is 24.3 Å². The lowest BCUT2D eigenvalue weighted by molar-refractivity contribution is -0.135. The molecule has 2 aromatic carbocycles. The molecule has 0 spiro atoms. The van der Waals surface area contributed by atoms with Gasteiger partial charge in [0.25, 0.3) is 0 Å². The summed E-state index contributed by atoms with van der Waals surface area (Å²) in [6, 6.07) is 15.4. The number of aromatic nitrogens is 1. The number of nitriles is 1. The normalized spacial score (nSPS) is 14.2. The number of ether oxygens (including phenoxy) is 1. The molecule has 1 aromatic heterocycles. The molecule has 0 bridgehead atoms. The minimum Gasteiger partial charge on any atom is -0.497 e. The van der Waals surface area contributed by atoms with Gasteiger partial charge in [-0.2, -0.15) is 5.26 Å². The Labute approximate surface area is 167 Å². The number of amides is 2. The van der Waals surface area contributed by atoms with Crippen LogP contribution >= 0.6 is 0 Å². The number of aromatic amines is 1. The fourth-order valence-electron chi connectivity index (χ4n) is 3.53. The van der Waals surface area contributed by atoms with Crippen molar-refractivity contribution in [3.05, 3.63) is 53.7 Å². The SMILES string of the molecule is COc1ccc2[nH]c(C#N)c(-c3ccc(CNC(=O)C4(C(N)=O)CC4)cc3)c2c1. The summed E-state index contributed by atoms with van der Waals surface area (Å²) in [6.07, 6.45) is 1.02. The Kier molecular flexibility index (Phi) is 4.47. The molecule has 2 amide bonds. The fraction of sp³-hybridized carbons (Fsp3) is 0.227. The van der Waals surface area contributed by atoms with Crippen LogP contribution in [0.15, 0.2) is 42.5 Å². The third kappa shape index (κ3) is 3.19. The smallest absolute Gasteiger partial charge is 0.235 e. The van der Waals surface area contributed by atoms with E-state index < -0.39 is 11.3 Å². The average Bonchev–Trinajstić information content (AvgIpc) is 3.48. The Bertz CT molecular complexity index is 1150. The van der Waals surface area contributed by atoms with E-state index in [1.54, 1.807) is 7.11 Å². The van der Waals surface area contributed by atoms with Crippen molar-refractivity contribution in [3.8, 4) is 22.9 Å². The zero-order valence-electron chi connectivity index (χ0n) is 15.9. The second-order valence-electron chi connectivity index (χ2n) is 7.22. The molecule has 4 N–H and O–H groups in total. The monoisotopic (exact) mass is 388 g/mol. The van der Waals surface area contributed by atoms with Crippen LogP contribution in [-0.2, 0) is 16.1 Å². The quantitative estimate of drug-likeness (QED) is 0.562. The first-order valence-corrected chi connectivity index (χ1v) is 9.26. The van der Waals surface area contributed by atoms with E-state index >= 15 is 0 Å². The molecule has 1 aliphatic rings. The number of fused-ring (bicyclic) bond motifs is 1. The van der Waals surface area contributed by atoms with Gasteiger partial charge in [-0.25, -0.2) is 0 Å². The van der Waals surface area contributed by atoms with E-state index in [0.717, 1.165) is 27.6 Å². The summed E-state index contributed by atoms with van der Waals surface area (Å²) in [5.74, 6) is -0.168. The fourth-order valence-corrected chi connectivity index (χ4v) is 3.53. The Morgan fingerprint density at radius 2 is 1.97 bits per heavy atom. The predicted octanol–water partition coefficient (Wildman–Crippen LogP) is 2.60. The van der Waals surface area contributed by atoms with Crippen LogP contribution in [0.4, 0.5) is 0 Å². The van der Waals surface area contributed by atoms with E-state index in [1.807, 2.05) is 42.5 Å². The second-order valence-corrected chi connectivity index (χ2v) is 7.22. The topological polar surface area (TPSA) is 121 Å². The number of primary amides is 1. The summed E-state index contributed by atoms with van der Waals surface area (Å²) >= 11 is 0. The summed E-state index contributed by atoms with van der Waals surface area (Å²) in [6.45, 7) is 0.307. The van der Waals surface area contributed by atoms with Crippen LogP contribution in [0.2, 0.25) is 0 Å². The van der Waals surface area contributed by atoms with Gasteiger partial charge >= 0.3 is 0 Å². The second kappa shape index (κ2) is 6.99. The minimum absolute atomic E-state index is 0.307. The molecule has 1 fully saturated rings. The van der Waals surface area contributed by atoms with Crippen LogP contribution in [-0.4, -0.2) is 23.9 Å². The zero-order valence-corrected chi connectivity index (χ0v) is 15.9. The van der Waals surface area contributed by atoms with E-state index in [4.69, 9.17) is 10.5 Å². The van der Waals surface area contributed by atoms with Crippen molar-refractivity contribution in [3.63, 3.8) is 0 Å². The van der Waals surface area contributed by atoms with Crippen molar-refractivity contribution in [2.45, 2.75) is 19.4 Å².